The first kappa shape index (κ1) is 22.0. The van der Waals surface area contributed by atoms with Crippen LogP contribution in [0.25, 0.3) is 0 Å². The van der Waals surface area contributed by atoms with Gasteiger partial charge in [0.2, 0.25) is 0 Å². The van der Waals surface area contributed by atoms with E-state index in [4.69, 9.17) is 9.84 Å². The van der Waals surface area contributed by atoms with Gasteiger partial charge in [-0.1, -0.05) is 0 Å². The highest BCUT2D eigenvalue weighted by atomic mass is 127. The first-order chi connectivity index (χ1) is 14.2. The minimum atomic E-state index is -1.46. The number of aliphatic hydroxyl groups excluding tert-OH is 3. The molecule has 1 fully saturated rings. The molecule has 1 saturated heterocycles. The summed E-state index contributed by atoms with van der Waals surface area (Å²) in [7, 11) is 0. The van der Waals surface area contributed by atoms with E-state index < -0.39 is 47.8 Å². The van der Waals surface area contributed by atoms with Crippen molar-refractivity contribution in [1.29, 1.82) is 0 Å². The fourth-order valence-electron chi connectivity index (χ4n) is 2.76. The molecular formula is C16H16IN5O8. The van der Waals surface area contributed by atoms with Crippen molar-refractivity contribution >= 4 is 45.8 Å². The zero-order valence-corrected chi connectivity index (χ0v) is 17.2. The second-order valence-electron chi connectivity index (χ2n) is 6.24. The molecule has 0 radical (unpaired) electrons. The number of nitro groups is 1. The second kappa shape index (κ2) is 9.00. The number of halogens is 1. The molecule has 1 aliphatic rings. The zero-order valence-electron chi connectivity index (χ0n) is 15.0. The molecule has 30 heavy (non-hydrogen) atoms. The highest BCUT2D eigenvalue weighted by molar-refractivity contribution is 14.1. The number of nitrogens with one attached hydrogen (secondary N) is 2. The highest BCUT2D eigenvalue weighted by Crippen LogP contribution is 2.29. The van der Waals surface area contributed by atoms with Gasteiger partial charge >= 0.3 is 11.7 Å². The van der Waals surface area contributed by atoms with E-state index in [0.717, 1.165) is 4.57 Å². The molecule has 3 rings (SSSR count). The van der Waals surface area contributed by atoms with E-state index in [1.807, 2.05) is 0 Å². The average Bonchev–Trinajstić information content (AvgIpc) is 2.99. The van der Waals surface area contributed by atoms with E-state index in [1.54, 1.807) is 22.6 Å². The molecule has 4 atom stereocenters. The summed E-state index contributed by atoms with van der Waals surface area (Å²) < 4.78 is 6.58. The number of carbonyl (C=O) groups is 1. The maximum absolute atomic E-state index is 12.3. The third kappa shape index (κ3) is 4.57. The van der Waals surface area contributed by atoms with Gasteiger partial charge in [-0.05, 0) is 34.7 Å². The van der Waals surface area contributed by atoms with Gasteiger partial charge in [0.15, 0.2) is 12.0 Å². The Hall–Kier alpha value is -2.66. The van der Waals surface area contributed by atoms with Crippen LogP contribution in [0, 0.1) is 13.7 Å². The van der Waals surface area contributed by atoms with Crippen LogP contribution in [-0.4, -0.2) is 60.7 Å². The molecule has 4 unspecified atom stereocenters. The van der Waals surface area contributed by atoms with Crippen LogP contribution in [0.4, 0.5) is 22.0 Å². The summed E-state index contributed by atoms with van der Waals surface area (Å²) in [5.41, 5.74) is -0.713. The monoisotopic (exact) mass is 533 g/mol. The van der Waals surface area contributed by atoms with Crippen molar-refractivity contribution in [1.82, 2.24) is 9.55 Å². The molecule has 0 aliphatic carbocycles. The van der Waals surface area contributed by atoms with E-state index in [9.17, 15) is 29.9 Å². The largest absolute Gasteiger partial charge is 0.394 e. The summed E-state index contributed by atoms with van der Waals surface area (Å²) >= 11 is 1.80. The number of hydrogen-bond acceptors (Lipinski definition) is 9. The van der Waals surface area contributed by atoms with Gasteiger partial charge in [0.25, 0.3) is 5.69 Å². The SMILES string of the molecule is O=C(Nc1ccc([N+](=O)[O-])cc1)Nc1nc(=O)n(C2OC(CO)C(O)C2O)cc1I. The molecule has 0 saturated carbocycles. The van der Waals surface area contributed by atoms with Gasteiger partial charge < -0.3 is 25.4 Å². The maximum Gasteiger partial charge on any atom is 0.351 e. The number of urea groups is 1. The van der Waals surface area contributed by atoms with Crippen molar-refractivity contribution in [3.05, 3.63) is 54.6 Å². The van der Waals surface area contributed by atoms with Gasteiger partial charge in [-0.25, -0.2) is 9.59 Å². The Kier molecular flexibility index (Phi) is 6.61. The Morgan fingerprint density at radius 3 is 2.50 bits per heavy atom. The van der Waals surface area contributed by atoms with Crippen molar-refractivity contribution in [3.8, 4) is 0 Å². The first-order valence-electron chi connectivity index (χ1n) is 8.45. The van der Waals surface area contributed by atoms with Gasteiger partial charge in [-0.2, -0.15) is 4.98 Å². The topological polar surface area (TPSA) is 189 Å². The molecule has 1 aromatic carbocycles. The molecule has 2 amide bonds. The molecule has 0 spiro atoms. The van der Waals surface area contributed by atoms with Crippen molar-refractivity contribution in [2.45, 2.75) is 24.5 Å². The number of hydrogen-bond donors (Lipinski definition) is 5. The van der Waals surface area contributed by atoms with Crippen LogP contribution in [0.5, 0.6) is 0 Å². The number of nitrogens with zero attached hydrogens (tertiary/aromatic N) is 3. The fourth-order valence-corrected chi connectivity index (χ4v) is 3.32. The van der Waals surface area contributed by atoms with E-state index in [1.165, 1.54) is 30.5 Å². The molecule has 0 bridgehead atoms. The summed E-state index contributed by atoms with van der Waals surface area (Å²) in [4.78, 5) is 38.3. The average molecular weight is 533 g/mol. The third-order valence-corrected chi connectivity index (χ3v) is 5.06. The zero-order chi connectivity index (χ0) is 22.0. The van der Waals surface area contributed by atoms with Crippen LogP contribution in [-0.2, 0) is 4.74 Å². The Bertz CT molecular complexity index is 1010. The van der Waals surface area contributed by atoms with Crippen LogP contribution >= 0.6 is 22.6 Å². The lowest BCUT2D eigenvalue weighted by Crippen LogP contribution is -2.36. The van der Waals surface area contributed by atoms with Crippen LogP contribution in [0.1, 0.15) is 6.23 Å². The number of aromatic nitrogens is 2. The van der Waals surface area contributed by atoms with E-state index in [2.05, 4.69) is 15.6 Å². The van der Waals surface area contributed by atoms with Gasteiger partial charge in [0, 0.05) is 24.0 Å². The molecular weight excluding hydrogens is 517 g/mol. The van der Waals surface area contributed by atoms with Gasteiger partial charge in [0.05, 0.1) is 15.1 Å². The van der Waals surface area contributed by atoms with Crippen LogP contribution in [0.3, 0.4) is 0 Å². The first-order valence-corrected chi connectivity index (χ1v) is 9.52. The predicted molar refractivity (Wildman–Crippen MR) is 110 cm³/mol. The number of nitro benzene ring substituents is 1. The van der Waals surface area contributed by atoms with Crippen LogP contribution < -0.4 is 16.3 Å². The van der Waals surface area contributed by atoms with E-state index in [-0.39, 0.29) is 17.2 Å². The maximum atomic E-state index is 12.3. The number of carbonyl (C=O) groups excluding carboxylic acids is 1. The molecule has 1 aromatic heterocycles. The summed E-state index contributed by atoms with van der Waals surface area (Å²) in [6.45, 7) is -0.545. The molecule has 1 aliphatic heterocycles. The number of benzene rings is 1. The summed E-state index contributed by atoms with van der Waals surface area (Å²) in [6.07, 6.45) is -3.87. The molecule has 2 heterocycles. The molecule has 13 nitrogen and oxygen atoms in total. The highest BCUT2D eigenvalue weighted by Gasteiger charge is 2.43. The van der Waals surface area contributed by atoms with E-state index in [0.29, 0.717) is 3.57 Å². The van der Waals surface area contributed by atoms with Crippen LogP contribution in [0.2, 0.25) is 0 Å². The van der Waals surface area contributed by atoms with Crippen LogP contribution in [0.15, 0.2) is 35.3 Å². The van der Waals surface area contributed by atoms with Crippen molar-refractivity contribution in [2.75, 3.05) is 17.2 Å². The molecule has 160 valence electrons. The minimum absolute atomic E-state index is 0.0667. The molecule has 2 aromatic rings. The number of ether oxygens (including phenoxy) is 1. The Labute approximate surface area is 181 Å². The number of aliphatic hydroxyl groups is 3. The second-order valence-corrected chi connectivity index (χ2v) is 7.40. The standard InChI is InChI=1S/C16H16IN5O8/c17-9-5-21(14-12(25)11(24)10(6-23)30-14)16(27)20-13(9)19-15(26)18-7-1-3-8(4-2-7)22(28)29/h1-5,10-12,14,23-25H,6H2,(H2,18,19,20,26,27). The fraction of sp³-hybridized carbons (Fsp3) is 0.312. The van der Waals surface area contributed by atoms with E-state index >= 15 is 0 Å². The number of amides is 2. The Balaban J connectivity index is 1.73. The van der Waals surface area contributed by atoms with Crippen molar-refractivity contribution in [2.24, 2.45) is 0 Å². The smallest absolute Gasteiger partial charge is 0.351 e. The summed E-state index contributed by atoms with van der Waals surface area (Å²) in [5, 5.41) is 44.5. The minimum Gasteiger partial charge on any atom is -0.394 e. The summed E-state index contributed by atoms with van der Waals surface area (Å²) in [5.74, 6) is -0.0667. The number of anilines is 2. The number of non-ortho nitro benzene ring substituents is 1. The third-order valence-electron chi connectivity index (χ3n) is 4.27. The van der Waals surface area contributed by atoms with Gasteiger partial charge in [-0.3, -0.25) is 20.0 Å². The van der Waals surface area contributed by atoms with Gasteiger partial charge in [0.1, 0.15) is 18.3 Å². The molecule has 5 N–H and O–H groups in total. The number of rotatable bonds is 5. The lowest BCUT2D eigenvalue weighted by molar-refractivity contribution is -0.384. The Morgan fingerprint density at radius 1 is 1.27 bits per heavy atom. The van der Waals surface area contributed by atoms with Gasteiger partial charge in [-0.15, -0.1) is 0 Å². The van der Waals surface area contributed by atoms with Crippen molar-refractivity contribution < 1.29 is 29.8 Å². The predicted octanol–water partition coefficient (Wildman–Crippen LogP) is 0.0116. The molecule has 14 heteroatoms. The lowest BCUT2D eigenvalue weighted by Gasteiger charge is -2.18. The lowest BCUT2D eigenvalue weighted by atomic mass is 10.1. The quantitative estimate of drug-likeness (QED) is 0.200. The Morgan fingerprint density at radius 2 is 1.93 bits per heavy atom. The summed E-state index contributed by atoms with van der Waals surface area (Å²) in [6, 6.07) is 4.39. The normalized spacial score (nSPS) is 23.2. The van der Waals surface area contributed by atoms with Crippen molar-refractivity contribution in [3.63, 3.8) is 0 Å².